The van der Waals surface area contributed by atoms with Crippen LogP contribution in [0.15, 0.2) is 36.5 Å². The van der Waals surface area contributed by atoms with E-state index < -0.39 is 11.9 Å². The summed E-state index contributed by atoms with van der Waals surface area (Å²) in [6.07, 6.45) is 2.29. The van der Waals surface area contributed by atoms with E-state index in [9.17, 15) is 14.0 Å². The number of carbonyl (C=O) groups excluding carboxylic acids is 2. The number of urea groups is 1. The number of hydrogen-bond donors (Lipinski definition) is 2. The molecule has 29 heavy (non-hydrogen) atoms. The second-order valence-electron chi connectivity index (χ2n) is 7.46. The van der Waals surface area contributed by atoms with Crippen molar-refractivity contribution in [3.63, 3.8) is 0 Å². The van der Waals surface area contributed by atoms with Crippen LogP contribution < -0.4 is 20.3 Å². The van der Waals surface area contributed by atoms with Gasteiger partial charge in [-0.25, -0.2) is 9.78 Å². The van der Waals surface area contributed by atoms with Gasteiger partial charge in [-0.05, 0) is 42.7 Å². The van der Waals surface area contributed by atoms with Crippen molar-refractivity contribution in [3.05, 3.63) is 47.7 Å². The number of benzene rings is 1. The second kappa shape index (κ2) is 8.06. The molecule has 154 valence electrons. The number of aryl methyl sites for hydroxylation is 1. The van der Waals surface area contributed by atoms with Crippen LogP contribution in [-0.2, 0) is 4.79 Å². The Morgan fingerprint density at radius 1 is 1.38 bits per heavy atom. The Balaban J connectivity index is 1.76. The highest BCUT2D eigenvalue weighted by atomic mass is 19.2. The summed E-state index contributed by atoms with van der Waals surface area (Å²) in [5.74, 6) is -1.23. The molecule has 0 spiro atoms. The Hall–Kier alpha value is -3.16. The van der Waals surface area contributed by atoms with E-state index in [0.717, 1.165) is 11.1 Å². The topological polar surface area (TPSA) is 83.6 Å². The van der Waals surface area contributed by atoms with Gasteiger partial charge in [-0.15, -0.1) is 0 Å². The zero-order valence-electron chi connectivity index (χ0n) is 17.0. The third-order valence-electron chi connectivity index (χ3n) is 4.43. The summed E-state index contributed by atoms with van der Waals surface area (Å²) in [7, 11) is 0. The van der Waals surface area contributed by atoms with Crippen LogP contribution in [0.5, 0.6) is 5.75 Å². The van der Waals surface area contributed by atoms with Gasteiger partial charge in [0.15, 0.2) is 5.82 Å². The van der Waals surface area contributed by atoms with Crippen molar-refractivity contribution in [2.75, 3.05) is 16.8 Å². The molecule has 0 fully saturated rings. The lowest BCUT2D eigenvalue weighted by Gasteiger charge is -2.30. The molecule has 0 radical (unpaired) electrons. The number of carbonyl (C=O) groups is 2. The van der Waals surface area contributed by atoms with E-state index in [-0.39, 0.29) is 18.5 Å². The number of ether oxygens (including phenoxy) is 1. The second-order valence-corrected chi connectivity index (χ2v) is 7.46. The maximum absolute atomic E-state index is 13.6. The average molecular weight is 400 g/mol. The van der Waals surface area contributed by atoms with E-state index in [1.165, 1.54) is 18.7 Å². The van der Waals surface area contributed by atoms with Crippen molar-refractivity contribution >= 4 is 23.4 Å². The third-order valence-corrected chi connectivity index (χ3v) is 4.43. The summed E-state index contributed by atoms with van der Waals surface area (Å²) < 4.78 is 18.8. The van der Waals surface area contributed by atoms with Gasteiger partial charge in [0.1, 0.15) is 12.3 Å². The Morgan fingerprint density at radius 3 is 2.69 bits per heavy atom. The monoisotopic (exact) mass is 400 g/mol. The number of nitrogens with zero attached hydrogens (tertiary/aromatic N) is 2. The molecular formula is C21H25FN4O3. The molecule has 0 saturated carbocycles. The molecule has 3 rings (SSSR count). The summed E-state index contributed by atoms with van der Waals surface area (Å²) in [5.41, 5.74) is 2.25. The first-order valence-electron chi connectivity index (χ1n) is 9.48. The molecule has 2 aromatic rings. The minimum absolute atomic E-state index is 0.107. The number of nitrogens with one attached hydrogen (secondary N) is 2. The van der Waals surface area contributed by atoms with Crippen molar-refractivity contribution in [2.24, 2.45) is 0 Å². The number of rotatable bonds is 5. The van der Waals surface area contributed by atoms with Crippen LogP contribution in [0.1, 0.15) is 44.4 Å². The van der Waals surface area contributed by atoms with Crippen LogP contribution in [0.25, 0.3) is 0 Å². The molecule has 2 heterocycles. The fourth-order valence-electron chi connectivity index (χ4n) is 3.14. The van der Waals surface area contributed by atoms with Gasteiger partial charge in [0.05, 0.1) is 11.7 Å². The lowest BCUT2D eigenvalue weighted by Crippen LogP contribution is -2.48. The number of anilines is 2. The molecule has 0 bridgehead atoms. The predicted molar refractivity (Wildman–Crippen MR) is 109 cm³/mol. The lowest BCUT2D eigenvalue weighted by atomic mass is 10.0. The molecular weight excluding hydrogens is 375 g/mol. The molecule has 3 amide bonds. The first-order valence-corrected chi connectivity index (χ1v) is 9.48. The third kappa shape index (κ3) is 5.01. The van der Waals surface area contributed by atoms with Gasteiger partial charge >= 0.3 is 6.03 Å². The molecule has 0 aliphatic carbocycles. The fourth-order valence-corrected chi connectivity index (χ4v) is 3.14. The largest absolute Gasteiger partial charge is 0.459 e. The number of hydrogen-bond acceptors (Lipinski definition) is 4. The molecule has 8 heteroatoms. The average Bonchev–Trinajstić information content (AvgIpc) is 2.64. The van der Waals surface area contributed by atoms with E-state index in [1.807, 2.05) is 13.8 Å². The van der Waals surface area contributed by atoms with Crippen LogP contribution in [0.2, 0.25) is 0 Å². The fraction of sp³-hybridized carbons (Fsp3) is 0.381. The SMILES string of the molecule is CCC(NC(=O)N1CC(=O)Nc2cc(C)cnc21)c1ccc(OC(C)(C)F)cc1. The summed E-state index contributed by atoms with van der Waals surface area (Å²) >= 11 is 0. The van der Waals surface area contributed by atoms with Gasteiger partial charge in [0, 0.05) is 20.0 Å². The maximum atomic E-state index is 13.6. The molecule has 1 unspecified atom stereocenters. The van der Waals surface area contributed by atoms with E-state index in [1.54, 1.807) is 36.5 Å². The van der Waals surface area contributed by atoms with Crippen molar-refractivity contribution < 1.29 is 18.7 Å². The van der Waals surface area contributed by atoms with Crippen molar-refractivity contribution in [3.8, 4) is 5.75 Å². The standard InChI is InChI=1S/C21H25FN4O3/c1-5-16(14-6-8-15(9-7-14)29-21(3,4)22)25-20(28)26-12-18(27)24-17-10-13(2)11-23-19(17)26/h6-11,16H,5,12H2,1-4H3,(H,24,27)(H,25,28). The highest BCUT2D eigenvalue weighted by Crippen LogP contribution is 2.29. The quantitative estimate of drug-likeness (QED) is 0.792. The highest BCUT2D eigenvalue weighted by molar-refractivity contribution is 6.08. The Bertz CT molecular complexity index is 909. The first kappa shape index (κ1) is 20.6. The van der Waals surface area contributed by atoms with Crippen molar-refractivity contribution in [1.82, 2.24) is 10.3 Å². The van der Waals surface area contributed by atoms with Crippen molar-refractivity contribution in [1.29, 1.82) is 0 Å². The highest BCUT2D eigenvalue weighted by Gasteiger charge is 2.29. The Labute approximate surface area is 169 Å². The van der Waals surface area contributed by atoms with E-state index >= 15 is 0 Å². The number of amides is 3. The normalized spacial score (nSPS) is 14.7. The first-order chi connectivity index (χ1) is 13.7. The van der Waals surface area contributed by atoms with Crippen LogP contribution in [-0.4, -0.2) is 29.3 Å². The van der Waals surface area contributed by atoms with Gasteiger partial charge in [0.25, 0.3) is 0 Å². The minimum Gasteiger partial charge on any atom is -0.459 e. The zero-order chi connectivity index (χ0) is 21.2. The van der Waals surface area contributed by atoms with Gasteiger partial charge in [0.2, 0.25) is 11.8 Å². The van der Waals surface area contributed by atoms with Gasteiger partial charge < -0.3 is 15.4 Å². The van der Waals surface area contributed by atoms with Crippen LogP contribution in [0, 0.1) is 6.92 Å². The van der Waals surface area contributed by atoms with Crippen LogP contribution in [0.4, 0.5) is 20.7 Å². The zero-order valence-corrected chi connectivity index (χ0v) is 17.0. The maximum Gasteiger partial charge on any atom is 0.324 e. The van der Waals surface area contributed by atoms with Gasteiger partial charge in [-0.2, -0.15) is 4.39 Å². The van der Waals surface area contributed by atoms with Crippen LogP contribution >= 0.6 is 0 Å². The molecule has 1 atom stereocenters. The number of halogens is 1. The smallest absolute Gasteiger partial charge is 0.324 e. The minimum atomic E-state index is -1.77. The van der Waals surface area contributed by atoms with E-state index in [2.05, 4.69) is 15.6 Å². The number of aromatic nitrogens is 1. The summed E-state index contributed by atoms with van der Waals surface area (Å²) in [6, 6.07) is 7.99. The molecule has 0 saturated heterocycles. The summed E-state index contributed by atoms with van der Waals surface area (Å²) in [5, 5.41) is 5.69. The molecule has 1 aliphatic heterocycles. The number of fused-ring (bicyclic) bond motifs is 1. The predicted octanol–water partition coefficient (Wildman–Crippen LogP) is 4.09. The van der Waals surface area contributed by atoms with E-state index in [0.29, 0.717) is 23.7 Å². The van der Waals surface area contributed by atoms with E-state index in [4.69, 9.17) is 4.74 Å². The van der Waals surface area contributed by atoms with Gasteiger partial charge in [-0.3, -0.25) is 9.69 Å². The Kier molecular flexibility index (Phi) is 5.72. The van der Waals surface area contributed by atoms with Gasteiger partial charge in [-0.1, -0.05) is 19.1 Å². The Morgan fingerprint density at radius 2 is 2.07 bits per heavy atom. The molecule has 1 aliphatic rings. The molecule has 1 aromatic heterocycles. The van der Waals surface area contributed by atoms with Crippen LogP contribution in [0.3, 0.4) is 0 Å². The summed E-state index contributed by atoms with van der Waals surface area (Å²) in [6.45, 7) is 6.36. The van der Waals surface area contributed by atoms with Crippen molar-refractivity contribution in [2.45, 2.75) is 46.0 Å². The number of alkyl halides is 1. The molecule has 1 aromatic carbocycles. The lowest BCUT2D eigenvalue weighted by molar-refractivity contribution is -0.115. The number of pyridine rings is 1. The molecule has 7 nitrogen and oxygen atoms in total. The molecule has 2 N–H and O–H groups in total. The summed E-state index contributed by atoms with van der Waals surface area (Å²) in [4.78, 5) is 30.6.